The summed E-state index contributed by atoms with van der Waals surface area (Å²) >= 11 is 0. The second-order valence-electron chi connectivity index (χ2n) is 4.74. The van der Waals surface area contributed by atoms with Crippen LogP contribution in [0.15, 0.2) is 0 Å². The predicted octanol–water partition coefficient (Wildman–Crippen LogP) is 2.78. The predicted molar refractivity (Wildman–Crippen MR) is 73.9 cm³/mol. The minimum Gasteiger partial charge on any atom is -0.301 e. The smallest absolute Gasteiger partial charge is 0.108 e. The number of nitrogens with one attached hydrogen (secondary N) is 1. The summed E-state index contributed by atoms with van der Waals surface area (Å²) in [6.45, 7) is 11.7. The molecule has 0 rings (SSSR count). The Labute approximate surface area is 107 Å². The minimum absolute atomic E-state index is 0.0270. The molecule has 0 aliphatic carbocycles. The number of nitrogens with zero attached hydrogens (tertiary/aromatic N) is 2. The van der Waals surface area contributed by atoms with Gasteiger partial charge in [-0.25, -0.2) is 0 Å². The molecule has 0 spiro atoms. The molecule has 0 saturated carbocycles. The van der Waals surface area contributed by atoms with E-state index in [0.717, 1.165) is 32.5 Å². The molecule has 100 valence electrons. The summed E-state index contributed by atoms with van der Waals surface area (Å²) in [6, 6.07) is 2.91. The van der Waals surface area contributed by atoms with Crippen molar-refractivity contribution in [3.8, 4) is 6.07 Å². The molecule has 0 saturated heterocycles. The quantitative estimate of drug-likeness (QED) is 0.637. The molecule has 0 radical (unpaired) electrons. The zero-order chi connectivity index (χ0) is 13.1. The Morgan fingerprint density at radius 2 is 1.94 bits per heavy atom. The van der Waals surface area contributed by atoms with E-state index in [-0.39, 0.29) is 6.04 Å². The summed E-state index contributed by atoms with van der Waals surface area (Å²) in [6.07, 6.45) is 4.66. The first kappa shape index (κ1) is 16.4. The van der Waals surface area contributed by atoms with Gasteiger partial charge < -0.3 is 5.32 Å². The van der Waals surface area contributed by atoms with E-state index in [1.165, 1.54) is 12.8 Å². The maximum absolute atomic E-state index is 9.14. The highest BCUT2D eigenvalue weighted by molar-refractivity contribution is 4.92. The molecule has 0 aromatic heterocycles. The molecule has 0 aromatic rings. The molecule has 0 aliphatic rings. The molecule has 17 heavy (non-hydrogen) atoms. The SMILES string of the molecule is CCCCN(CC(C#N)NCCC)C(C)CC. The Morgan fingerprint density at radius 3 is 2.41 bits per heavy atom. The van der Waals surface area contributed by atoms with Crippen LogP contribution in [0.4, 0.5) is 0 Å². The van der Waals surface area contributed by atoms with Gasteiger partial charge in [0.2, 0.25) is 0 Å². The first-order valence-electron chi connectivity index (χ1n) is 7.06. The van der Waals surface area contributed by atoms with Gasteiger partial charge in [0, 0.05) is 12.6 Å². The van der Waals surface area contributed by atoms with Crippen molar-refractivity contribution in [2.24, 2.45) is 0 Å². The molecule has 3 heteroatoms. The van der Waals surface area contributed by atoms with Gasteiger partial charge in [-0.05, 0) is 39.3 Å². The highest BCUT2D eigenvalue weighted by Crippen LogP contribution is 2.06. The zero-order valence-corrected chi connectivity index (χ0v) is 12.0. The lowest BCUT2D eigenvalue weighted by atomic mass is 10.1. The Kier molecular flexibility index (Phi) is 10.2. The molecule has 1 N–H and O–H groups in total. The maximum atomic E-state index is 9.14. The monoisotopic (exact) mass is 239 g/mol. The lowest BCUT2D eigenvalue weighted by Gasteiger charge is -2.30. The molecule has 0 aliphatic heterocycles. The second kappa shape index (κ2) is 10.6. The Hall–Kier alpha value is -0.590. The normalized spacial score (nSPS) is 14.6. The molecule has 3 nitrogen and oxygen atoms in total. The number of hydrogen-bond acceptors (Lipinski definition) is 3. The van der Waals surface area contributed by atoms with E-state index in [1.54, 1.807) is 0 Å². The summed E-state index contributed by atoms with van der Waals surface area (Å²) in [5.41, 5.74) is 0. The van der Waals surface area contributed by atoms with Crippen LogP contribution in [-0.4, -0.2) is 36.6 Å². The van der Waals surface area contributed by atoms with E-state index in [2.05, 4.69) is 44.0 Å². The Morgan fingerprint density at radius 1 is 1.24 bits per heavy atom. The fraction of sp³-hybridized carbons (Fsp3) is 0.929. The maximum Gasteiger partial charge on any atom is 0.108 e. The summed E-state index contributed by atoms with van der Waals surface area (Å²) in [7, 11) is 0. The number of unbranched alkanes of at least 4 members (excludes halogenated alkanes) is 1. The lowest BCUT2D eigenvalue weighted by Crippen LogP contribution is -2.44. The summed E-state index contributed by atoms with van der Waals surface area (Å²) in [5.74, 6) is 0. The number of nitriles is 1. The summed E-state index contributed by atoms with van der Waals surface area (Å²) in [4.78, 5) is 2.44. The van der Waals surface area contributed by atoms with Crippen LogP contribution in [-0.2, 0) is 0 Å². The minimum atomic E-state index is -0.0270. The van der Waals surface area contributed by atoms with Crippen LogP contribution in [0.1, 0.15) is 53.4 Å². The molecule has 0 amide bonds. The fourth-order valence-electron chi connectivity index (χ4n) is 1.82. The van der Waals surface area contributed by atoms with Crippen LogP contribution in [0, 0.1) is 11.3 Å². The van der Waals surface area contributed by atoms with Crippen LogP contribution in [0.2, 0.25) is 0 Å². The largest absolute Gasteiger partial charge is 0.301 e. The highest BCUT2D eigenvalue weighted by atomic mass is 15.2. The van der Waals surface area contributed by atoms with Crippen LogP contribution < -0.4 is 5.32 Å². The summed E-state index contributed by atoms with van der Waals surface area (Å²) < 4.78 is 0. The fourth-order valence-corrected chi connectivity index (χ4v) is 1.82. The van der Waals surface area contributed by atoms with Crippen molar-refractivity contribution in [2.45, 2.75) is 65.5 Å². The average Bonchev–Trinajstić information content (AvgIpc) is 2.37. The average molecular weight is 239 g/mol. The first-order chi connectivity index (χ1) is 8.19. The van der Waals surface area contributed by atoms with E-state index in [0.29, 0.717) is 6.04 Å². The highest BCUT2D eigenvalue weighted by Gasteiger charge is 2.16. The third-order valence-electron chi connectivity index (χ3n) is 3.23. The van der Waals surface area contributed by atoms with Crippen molar-refractivity contribution in [2.75, 3.05) is 19.6 Å². The van der Waals surface area contributed by atoms with Crippen molar-refractivity contribution < 1.29 is 0 Å². The van der Waals surface area contributed by atoms with Gasteiger partial charge in [-0.1, -0.05) is 27.2 Å². The van der Waals surface area contributed by atoms with Gasteiger partial charge >= 0.3 is 0 Å². The van der Waals surface area contributed by atoms with Crippen LogP contribution in [0.5, 0.6) is 0 Å². The third kappa shape index (κ3) is 7.36. The van der Waals surface area contributed by atoms with Gasteiger partial charge in [-0.2, -0.15) is 5.26 Å². The van der Waals surface area contributed by atoms with Crippen LogP contribution in [0.25, 0.3) is 0 Å². The lowest BCUT2D eigenvalue weighted by molar-refractivity contribution is 0.190. The van der Waals surface area contributed by atoms with E-state index >= 15 is 0 Å². The van der Waals surface area contributed by atoms with Gasteiger partial charge in [0.1, 0.15) is 6.04 Å². The van der Waals surface area contributed by atoms with E-state index in [1.807, 2.05) is 0 Å². The standard InChI is InChI=1S/C14H29N3/c1-5-8-10-17(13(4)7-3)12-14(11-15)16-9-6-2/h13-14,16H,5-10,12H2,1-4H3. The summed E-state index contributed by atoms with van der Waals surface area (Å²) in [5, 5.41) is 12.4. The van der Waals surface area contributed by atoms with Crippen molar-refractivity contribution in [3.05, 3.63) is 0 Å². The zero-order valence-electron chi connectivity index (χ0n) is 12.0. The van der Waals surface area contributed by atoms with Gasteiger partial charge in [0.25, 0.3) is 0 Å². The van der Waals surface area contributed by atoms with Gasteiger partial charge in [0.15, 0.2) is 0 Å². The molecule has 0 bridgehead atoms. The topological polar surface area (TPSA) is 39.1 Å². The van der Waals surface area contributed by atoms with E-state index in [9.17, 15) is 0 Å². The molecule has 0 aromatic carbocycles. The number of hydrogen-bond donors (Lipinski definition) is 1. The third-order valence-corrected chi connectivity index (χ3v) is 3.23. The van der Waals surface area contributed by atoms with Gasteiger partial charge in [0.05, 0.1) is 6.07 Å². The second-order valence-corrected chi connectivity index (χ2v) is 4.74. The van der Waals surface area contributed by atoms with Crippen molar-refractivity contribution in [1.82, 2.24) is 10.2 Å². The Bertz CT molecular complexity index is 210. The molecular formula is C14H29N3. The van der Waals surface area contributed by atoms with Crippen molar-refractivity contribution >= 4 is 0 Å². The van der Waals surface area contributed by atoms with E-state index in [4.69, 9.17) is 5.26 Å². The first-order valence-corrected chi connectivity index (χ1v) is 7.06. The van der Waals surface area contributed by atoms with Gasteiger partial charge in [-0.15, -0.1) is 0 Å². The van der Waals surface area contributed by atoms with Crippen LogP contribution in [0.3, 0.4) is 0 Å². The molecular weight excluding hydrogens is 210 g/mol. The van der Waals surface area contributed by atoms with Crippen molar-refractivity contribution in [3.63, 3.8) is 0 Å². The molecule has 2 atom stereocenters. The van der Waals surface area contributed by atoms with Gasteiger partial charge in [-0.3, -0.25) is 4.90 Å². The van der Waals surface area contributed by atoms with E-state index < -0.39 is 0 Å². The Balaban J connectivity index is 4.22. The van der Waals surface area contributed by atoms with Crippen molar-refractivity contribution in [1.29, 1.82) is 5.26 Å². The molecule has 0 heterocycles. The molecule has 0 fully saturated rings. The molecule has 2 unspecified atom stereocenters. The number of rotatable bonds is 10. The van der Waals surface area contributed by atoms with Crippen LogP contribution >= 0.6 is 0 Å².